The number of carbonyl (C=O) groups is 2. The molecule has 1 aromatic carbocycles. The summed E-state index contributed by atoms with van der Waals surface area (Å²) in [6, 6.07) is 4.70. The van der Waals surface area contributed by atoms with Crippen LogP contribution in [0.2, 0.25) is 5.02 Å². The van der Waals surface area contributed by atoms with Gasteiger partial charge in [-0.05, 0) is 43.5 Å². The normalized spacial score (nSPS) is 22.4. The quantitative estimate of drug-likeness (QED) is 0.796. The van der Waals surface area contributed by atoms with E-state index in [2.05, 4.69) is 4.72 Å². The number of nitrogens with zero attached hydrogens (tertiary/aromatic N) is 1. The van der Waals surface area contributed by atoms with Crippen LogP contribution in [0.3, 0.4) is 0 Å². The molecular weight excluding hydrogens is 368 g/mol. The Labute approximate surface area is 152 Å². The highest BCUT2D eigenvalue weighted by Gasteiger charge is 2.35. The second-order valence-electron chi connectivity index (χ2n) is 6.29. The van der Waals surface area contributed by atoms with Gasteiger partial charge < -0.3 is 10.0 Å². The van der Waals surface area contributed by atoms with E-state index in [9.17, 15) is 18.0 Å². The Morgan fingerprint density at radius 2 is 1.92 bits per heavy atom. The lowest BCUT2D eigenvalue weighted by Gasteiger charge is -2.36. The lowest BCUT2D eigenvalue weighted by atomic mass is 9.87. The van der Waals surface area contributed by atoms with Crippen molar-refractivity contribution in [3.8, 4) is 0 Å². The van der Waals surface area contributed by atoms with Crippen LogP contribution < -0.4 is 4.72 Å². The number of carboxylic acids is 1. The van der Waals surface area contributed by atoms with Crippen LogP contribution in [0.25, 0.3) is 0 Å². The van der Waals surface area contributed by atoms with E-state index >= 15 is 0 Å². The molecule has 0 spiro atoms. The first-order valence-electron chi connectivity index (χ1n) is 7.91. The van der Waals surface area contributed by atoms with Gasteiger partial charge >= 0.3 is 5.97 Å². The average molecular weight is 389 g/mol. The summed E-state index contributed by atoms with van der Waals surface area (Å²) >= 11 is 5.75. The van der Waals surface area contributed by atoms with Crippen molar-refractivity contribution in [2.45, 2.75) is 31.2 Å². The summed E-state index contributed by atoms with van der Waals surface area (Å²) in [7, 11) is -3.85. The van der Waals surface area contributed by atoms with E-state index in [1.807, 2.05) is 0 Å². The van der Waals surface area contributed by atoms with Gasteiger partial charge in [-0.3, -0.25) is 9.59 Å². The van der Waals surface area contributed by atoms with Gasteiger partial charge in [-0.2, -0.15) is 4.72 Å². The molecule has 25 heavy (non-hydrogen) atoms. The third-order valence-corrected chi connectivity index (χ3v) is 6.17. The van der Waals surface area contributed by atoms with Crippen LogP contribution in [0.15, 0.2) is 29.2 Å². The van der Waals surface area contributed by atoms with E-state index < -0.39 is 28.0 Å². The first-order chi connectivity index (χ1) is 11.6. The van der Waals surface area contributed by atoms with Gasteiger partial charge in [-0.25, -0.2) is 8.42 Å². The minimum Gasteiger partial charge on any atom is -0.481 e. The zero-order chi connectivity index (χ0) is 18.8. The van der Waals surface area contributed by atoms with Crippen LogP contribution in [0, 0.1) is 11.8 Å². The van der Waals surface area contributed by atoms with E-state index in [1.54, 1.807) is 6.92 Å². The Bertz CT molecular complexity index is 750. The number of carboxylic acid groups (broad SMARTS) is 1. The molecule has 0 aliphatic carbocycles. The van der Waals surface area contributed by atoms with E-state index in [0.717, 1.165) is 0 Å². The second-order valence-corrected chi connectivity index (χ2v) is 8.44. The number of nitrogens with one attached hydrogen (secondary N) is 1. The fourth-order valence-corrected chi connectivity index (χ4v) is 4.27. The van der Waals surface area contributed by atoms with Crippen molar-refractivity contribution < 1.29 is 23.1 Å². The summed E-state index contributed by atoms with van der Waals surface area (Å²) in [6.07, 6.45) is 0.360. The van der Waals surface area contributed by atoms with Crippen molar-refractivity contribution >= 4 is 33.5 Å². The Morgan fingerprint density at radius 1 is 1.32 bits per heavy atom. The van der Waals surface area contributed by atoms with E-state index in [0.29, 0.717) is 24.5 Å². The summed E-state index contributed by atoms with van der Waals surface area (Å²) in [4.78, 5) is 25.2. The van der Waals surface area contributed by atoms with Crippen molar-refractivity contribution in [3.63, 3.8) is 0 Å². The lowest BCUT2D eigenvalue weighted by Crippen LogP contribution is -2.52. The Morgan fingerprint density at radius 3 is 2.44 bits per heavy atom. The number of carbonyl (C=O) groups excluding carboxylic acids is 1. The molecule has 3 atom stereocenters. The van der Waals surface area contributed by atoms with Gasteiger partial charge in [0.05, 0.1) is 16.9 Å². The summed E-state index contributed by atoms with van der Waals surface area (Å²) in [5.74, 6) is -1.90. The lowest BCUT2D eigenvalue weighted by molar-refractivity contribution is -0.148. The summed E-state index contributed by atoms with van der Waals surface area (Å²) in [5, 5.41) is 9.55. The van der Waals surface area contributed by atoms with Crippen LogP contribution in [0.5, 0.6) is 0 Å². The molecule has 138 valence electrons. The molecule has 2 N–H and O–H groups in total. The number of hydrogen-bond acceptors (Lipinski definition) is 4. The molecule has 2 rings (SSSR count). The van der Waals surface area contributed by atoms with Crippen molar-refractivity contribution in [3.05, 3.63) is 29.3 Å². The number of amides is 1. The Hall–Kier alpha value is -1.64. The molecule has 7 nitrogen and oxygen atoms in total. The number of rotatable bonds is 5. The Balaban J connectivity index is 2.03. The molecule has 1 fully saturated rings. The fourth-order valence-electron chi connectivity index (χ4n) is 2.95. The number of likely N-dealkylation sites (tertiary alicyclic amines) is 1. The van der Waals surface area contributed by atoms with Gasteiger partial charge in [0.2, 0.25) is 15.9 Å². The van der Waals surface area contributed by atoms with Gasteiger partial charge in [0.1, 0.15) is 0 Å². The molecule has 3 unspecified atom stereocenters. The molecule has 0 radical (unpaired) electrons. The maximum absolute atomic E-state index is 12.5. The van der Waals surface area contributed by atoms with E-state index in [-0.39, 0.29) is 16.7 Å². The molecular formula is C16H21ClN2O5S. The number of piperidine rings is 1. The molecule has 0 aromatic heterocycles. The average Bonchev–Trinajstić information content (AvgIpc) is 2.53. The van der Waals surface area contributed by atoms with Crippen LogP contribution in [-0.4, -0.2) is 49.4 Å². The van der Waals surface area contributed by atoms with Crippen LogP contribution >= 0.6 is 11.6 Å². The zero-order valence-corrected chi connectivity index (χ0v) is 15.5. The van der Waals surface area contributed by atoms with E-state index in [4.69, 9.17) is 16.7 Å². The van der Waals surface area contributed by atoms with Crippen molar-refractivity contribution in [1.82, 2.24) is 9.62 Å². The highest BCUT2D eigenvalue weighted by atomic mass is 35.5. The molecule has 1 aliphatic rings. The third kappa shape index (κ3) is 4.71. The van der Waals surface area contributed by atoms with Gasteiger partial charge in [-0.1, -0.05) is 18.5 Å². The first kappa shape index (κ1) is 19.7. The van der Waals surface area contributed by atoms with Gasteiger partial charge in [0.15, 0.2) is 0 Å². The molecule has 0 bridgehead atoms. The number of benzene rings is 1. The standard InChI is InChI=1S/C16H21ClN2O5S/c1-10-9-19(8-7-14(10)16(21)22)15(20)11(2)18-25(23,24)13-5-3-12(17)4-6-13/h3-6,10-11,14,18H,7-9H2,1-2H3,(H,21,22). The highest BCUT2D eigenvalue weighted by Crippen LogP contribution is 2.24. The molecule has 1 amide bonds. The highest BCUT2D eigenvalue weighted by molar-refractivity contribution is 7.89. The van der Waals surface area contributed by atoms with Gasteiger partial charge in [0.25, 0.3) is 0 Å². The van der Waals surface area contributed by atoms with Crippen LogP contribution in [0.4, 0.5) is 0 Å². The smallest absolute Gasteiger partial charge is 0.306 e. The fraction of sp³-hybridized carbons (Fsp3) is 0.500. The number of hydrogen-bond donors (Lipinski definition) is 2. The maximum atomic E-state index is 12.5. The number of halogens is 1. The minimum atomic E-state index is -3.85. The second kappa shape index (κ2) is 7.72. The molecule has 1 aromatic rings. The minimum absolute atomic E-state index is 0.0227. The molecule has 1 aliphatic heterocycles. The monoisotopic (exact) mass is 388 g/mol. The predicted molar refractivity (Wildman–Crippen MR) is 92.7 cm³/mol. The maximum Gasteiger partial charge on any atom is 0.306 e. The summed E-state index contributed by atoms with van der Waals surface area (Å²) in [5.41, 5.74) is 0. The topological polar surface area (TPSA) is 104 Å². The number of sulfonamides is 1. The molecule has 9 heteroatoms. The Kier molecular flexibility index (Phi) is 6.08. The molecule has 1 heterocycles. The van der Waals surface area contributed by atoms with Gasteiger partial charge in [0, 0.05) is 18.1 Å². The van der Waals surface area contributed by atoms with Crippen LogP contribution in [0.1, 0.15) is 20.3 Å². The SMILES string of the molecule is CC(NS(=O)(=O)c1ccc(Cl)cc1)C(=O)N1CCC(C(=O)O)C(C)C1. The summed E-state index contributed by atoms with van der Waals surface area (Å²) in [6.45, 7) is 3.85. The molecule has 1 saturated heterocycles. The van der Waals surface area contributed by atoms with Crippen LogP contribution in [-0.2, 0) is 19.6 Å². The van der Waals surface area contributed by atoms with Crippen molar-refractivity contribution in [2.24, 2.45) is 11.8 Å². The third-order valence-electron chi connectivity index (χ3n) is 4.36. The largest absolute Gasteiger partial charge is 0.481 e. The van der Waals surface area contributed by atoms with E-state index in [1.165, 1.54) is 36.1 Å². The number of aliphatic carboxylic acids is 1. The molecule has 0 saturated carbocycles. The first-order valence-corrected chi connectivity index (χ1v) is 9.77. The van der Waals surface area contributed by atoms with Gasteiger partial charge in [-0.15, -0.1) is 0 Å². The van der Waals surface area contributed by atoms with Crippen molar-refractivity contribution in [1.29, 1.82) is 0 Å². The predicted octanol–water partition coefficient (Wildman–Crippen LogP) is 1.58. The van der Waals surface area contributed by atoms with Crippen molar-refractivity contribution in [2.75, 3.05) is 13.1 Å². The zero-order valence-electron chi connectivity index (χ0n) is 14.0. The summed E-state index contributed by atoms with van der Waals surface area (Å²) < 4.78 is 27.0.